The van der Waals surface area contributed by atoms with E-state index in [0.717, 1.165) is 29.9 Å². The van der Waals surface area contributed by atoms with E-state index < -0.39 is 0 Å². The monoisotopic (exact) mass is 528 g/mol. The van der Waals surface area contributed by atoms with Gasteiger partial charge in [-0.2, -0.15) is 0 Å². The van der Waals surface area contributed by atoms with E-state index in [9.17, 15) is 9.59 Å². The van der Waals surface area contributed by atoms with Crippen LogP contribution in [0.5, 0.6) is 0 Å². The summed E-state index contributed by atoms with van der Waals surface area (Å²) in [7, 11) is 0. The maximum Gasteiger partial charge on any atom is 0.258 e. The van der Waals surface area contributed by atoms with Gasteiger partial charge in [-0.15, -0.1) is 6.58 Å². The van der Waals surface area contributed by atoms with Gasteiger partial charge in [-0.1, -0.05) is 62.0 Å². The van der Waals surface area contributed by atoms with Crippen molar-refractivity contribution in [2.75, 3.05) is 11.9 Å². The molecule has 1 heterocycles. The van der Waals surface area contributed by atoms with Crippen molar-refractivity contribution in [1.29, 1.82) is 0 Å². The number of anilines is 1. The zero-order valence-electron chi connectivity index (χ0n) is 21.0. The normalized spacial score (nSPS) is 12.5. The second kappa shape index (κ2) is 15.1. The van der Waals surface area contributed by atoms with Crippen molar-refractivity contribution in [3.8, 4) is 11.4 Å². The molecule has 36 heavy (non-hydrogen) atoms. The number of hydrogen-bond donors (Lipinski definition) is 3. The molecule has 0 radical (unpaired) electrons. The maximum absolute atomic E-state index is 12.3. The van der Waals surface area contributed by atoms with E-state index >= 15 is 0 Å². The van der Waals surface area contributed by atoms with Gasteiger partial charge in [0, 0.05) is 35.6 Å². The molecule has 192 valence electrons. The number of amides is 2. The number of nitrogens with one attached hydrogen (secondary N) is 3. The van der Waals surface area contributed by atoms with Gasteiger partial charge in [0.2, 0.25) is 5.91 Å². The summed E-state index contributed by atoms with van der Waals surface area (Å²) < 4.78 is 0. The molecule has 3 aromatic rings. The largest absolute Gasteiger partial charge is 0.352 e. The summed E-state index contributed by atoms with van der Waals surface area (Å²) in [6.45, 7) is 10.1. The standard InChI is InChI=1S/C17H13Cl2N3O.C9H15NO.C2H6/c1-10-9-20-16(21-10)11-5-7-12(8-6-11)22-17(23)15-13(18)3-2-4-14(15)19;1-2-7-10-9(11)8-5-3-4-6-8;1-2/h2-9H,1H3,(H,20,21)(H,22,23);2,8H,1,3-7H2,(H,10,11);1-2H3. The SMILES string of the molecule is C=CCNC(=O)C1CCCC1.CC.Cc1cnc(-c2ccc(NC(=O)c3c(Cl)cccc3Cl)cc2)[nH]1. The molecule has 0 aliphatic heterocycles. The lowest BCUT2D eigenvalue weighted by atomic mass is 10.1. The Labute approximate surface area is 223 Å². The highest BCUT2D eigenvalue weighted by molar-refractivity contribution is 6.40. The number of aromatic amines is 1. The number of rotatable bonds is 6. The number of H-pyrrole nitrogens is 1. The van der Waals surface area contributed by atoms with Crippen molar-refractivity contribution in [3.63, 3.8) is 0 Å². The molecule has 4 rings (SSSR count). The van der Waals surface area contributed by atoms with Crippen LogP contribution in [0.3, 0.4) is 0 Å². The Morgan fingerprint density at radius 3 is 2.22 bits per heavy atom. The van der Waals surface area contributed by atoms with Crippen molar-refractivity contribution in [1.82, 2.24) is 15.3 Å². The van der Waals surface area contributed by atoms with Crippen LogP contribution in [-0.2, 0) is 4.79 Å². The van der Waals surface area contributed by atoms with E-state index in [2.05, 4.69) is 27.2 Å². The van der Waals surface area contributed by atoms with Gasteiger partial charge in [-0.25, -0.2) is 4.98 Å². The highest BCUT2D eigenvalue weighted by atomic mass is 35.5. The Morgan fingerprint density at radius 1 is 1.08 bits per heavy atom. The van der Waals surface area contributed by atoms with Crippen molar-refractivity contribution in [2.24, 2.45) is 5.92 Å². The summed E-state index contributed by atoms with van der Waals surface area (Å²) in [5, 5.41) is 6.24. The molecule has 1 aromatic heterocycles. The summed E-state index contributed by atoms with van der Waals surface area (Å²) >= 11 is 12.1. The van der Waals surface area contributed by atoms with Gasteiger partial charge in [-0.3, -0.25) is 9.59 Å². The first-order valence-corrected chi connectivity index (χ1v) is 12.9. The van der Waals surface area contributed by atoms with Crippen LogP contribution in [0.25, 0.3) is 11.4 Å². The summed E-state index contributed by atoms with van der Waals surface area (Å²) in [4.78, 5) is 31.0. The highest BCUT2D eigenvalue weighted by Crippen LogP contribution is 2.26. The van der Waals surface area contributed by atoms with E-state index in [1.165, 1.54) is 12.8 Å². The van der Waals surface area contributed by atoms with Gasteiger partial charge in [0.15, 0.2) is 0 Å². The second-order valence-electron chi connectivity index (χ2n) is 8.06. The van der Waals surface area contributed by atoms with Gasteiger partial charge in [0.1, 0.15) is 5.82 Å². The van der Waals surface area contributed by atoms with Crippen molar-refractivity contribution < 1.29 is 9.59 Å². The fraction of sp³-hybridized carbons (Fsp3) is 0.321. The molecule has 6 nitrogen and oxygen atoms in total. The van der Waals surface area contributed by atoms with Gasteiger partial charge < -0.3 is 15.6 Å². The molecule has 0 spiro atoms. The molecule has 2 amide bonds. The lowest BCUT2D eigenvalue weighted by molar-refractivity contribution is -0.124. The van der Waals surface area contributed by atoms with Crippen LogP contribution < -0.4 is 10.6 Å². The molecule has 0 bridgehead atoms. The average Bonchev–Trinajstić information content (AvgIpc) is 3.57. The Bertz CT molecular complexity index is 1120. The molecule has 0 atom stereocenters. The van der Waals surface area contributed by atoms with E-state index in [0.29, 0.717) is 22.3 Å². The first-order valence-electron chi connectivity index (χ1n) is 12.1. The molecular weight excluding hydrogens is 495 g/mol. The van der Waals surface area contributed by atoms with E-state index in [1.807, 2.05) is 32.9 Å². The minimum absolute atomic E-state index is 0.211. The topological polar surface area (TPSA) is 86.9 Å². The maximum atomic E-state index is 12.3. The Morgan fingerprint density at radius 2 is 1.69 bits per heavy atom. The number of carbonyl (C=O) groups excluding carboxylic acids is 2. The van der Waals surface area contributed by atoms with E-state index in [4.69, 9.17) is 23.2 Å². The zero-order chi connectivity index (χ0) is 26.5. The van der Waals surface area contributed by atoms with Crippen LogP contribution in [0.15, 0.2) is 61.3 Å². The molecule has 2 aromatic carbocycles. The number of nitrogens with zero attached hydrogens (tertiary/aromatic N) is 1. The molecule has 1 aliphatic rings. The van der Waals surface area contributed by atoms with Crippen molar-refractivity contribution in [3.05, 3.63) is 82.6 Å². The molecule has 3 N–H and O–H groups in total. The van der Waals surface area contributed by atoms with E-state index in [-0.39, 0.29) is 23.3 Å². The minimum atomic E-state index is -0.345. The third kappa shape index (κ3) is 8.54. The summed E-state index contributed by atoms with van der Waals surface area (Å²) in [6, 6.07) is 12.3. The summed E-state index contributed by atoms with van der Waals surface area (Å²) in [5.74, 6) is 0.939. The van der Waals surface area contributed by atoms with Gasteiger partial charge in [0.25, 0.3) is 5.91 Å². The number of imidazole rings is 1. The molecular formula is C28H34Cl2N4O2. The molecule has 8 heteroatoms. The van der Waals surface area contributed by atoms with Crippen LogP contribution in [0.1, 0.15) is 55.6 Å². The first kappa shape index (κ1) is 29.1. The predicted octanol–water partition coefficient (Wildman–Crippen LogP) is 7.45. The van der Waals surface area contributed by atoms with Gasteiger partial charge >= 0.3 is 0 Å². The summed E-state index contributed by atoms with van der Waals surface area (Å²) in [6.07, 6.45) is 8.06. The second-order valence-corrected chi connectivity index (χ2v) is 8.87. The molecule has 1 aliphatic carbocycles. The smallest absolute Gasteiger partial charge is 0.258 e. The fourth-order valence-electron chi connectivity index (χ4n) is 3.68. The highest BCUT2D eigenvalue weighted by Gasteiger charge is 2.21. The Balaban J connectivity index is 0.000000295. The zero-order valence-corrected chi connectivity index (χ0v) is 22.5. The number of aromatic nitrogens is 2. The van der Waals surface area contributed by atoms with Crippen LogP contribution in [0.4, 0.5) is 5.69 Å². The first-order chi connectivity index (χ1) is 17.4. The third-order valence-electron chi connectivity index (χ3n) is 5.46. The number of benzene rings is 2. The average molecular weight is 530 g/mol. The Hall–Kier alpha value is -3.09. The molecule has 1 saturated carbocycles. The Kier molecular flexibility index (Phi) is 12.2. The number of hydrogen-bond acceptors (Lipinski definition) is 3. The lowest BCUT2D eigenvalue weighted by Gasteiger charge is -2.08. The number of halogens is 2. The molecule has 0 saturated heterocycles. The quantitative estimate of drug-likeness (QED) is 0.290. The van der Waals surface area contributed by atoms with Crippen LogP contribution >= 0.6 is 23.2 Å². The third-order valence-corrected chi connectivity index (χ3v) is 6.09. The predicted molar refractivity (Wildman–Crippen MR) is 150 cm³/mol. The van der Waals surface area contributed by atoms with Crippen molar-refractivity contribution in [2.45, 2.75) is 46.5 Å². The van der Waals surface area contributed by atoms with Crippen LogP contribution in [0, 0.1) is 12.8 Å². The molecule has 0 unspecified atom stereocenters. The van der Waals surface area contributed by atoms with Crippen LogP contribution in [0.2, 0.25) is 10.0 Å². The summed E-state index contributed by atoms with van der Waals surface area (Å²) in [5.41, 5.74) is 2.84. The van der Waals surface area contributed by atoms with Gasteiger partial charge in [-0.05, 0) is 56.2 Å². The number of aryl methyl sites for hydroxylation is 1. The molecule has 1 fully saturated rings. The van der Waals surface area contributed by atoms with Crippen molar-refractivity contribution >= 4 is 40.7 Å². The van der Waals surface area contributed by atoms with Gasteiger partial charge in [0.05, 0.1) is 15.6 Å². The van der Waals surface area contributed by atoms with E-state index in [1.54, 1.807) is 42.6 Å². The minimum Gasteiger partial charge on any atom is -0.352 e. The van der Waals surface area contributed by atoms with Crippen LogP contribution in [-0.4, -0.2) is 28.3 Å². The number of carbonyl (C=O) groups is 2. The fourth-order valence-corrected chi connectivity index (χ4v) is 4.25. The lowest BCUT2D eigenvalue weighted by Crippen LogP contribution is -2.29.